The summed E-state index contributed by atoms with van der Waals surface area (Å²) in [5, 5.41) is 8.02. The summed E-state index contributed by atoms with van der Waals surface area (Å²) in [5.74, 6) is 0.748. The van der Waals surface area contributed by atoms with Gasteiger partial charge in [0.05, 0.1) is 15.7 Å². The Hall–Kier alpha value is -2.15. The van der Waals surface area contributed by atoms with Gasteiger partial charge in [-0.3, -0.25) is 4.79 Å². The molecule has 0 bridgehead atoms. The maximum absolute atomic E-state index is 12.3. The van der Waals surface area contributed by atoms with Gasteiger partial charge in [-0.2, -0.15) is 5.10 Å². The van der Waals surface area contributed by atoms with Crippen LogP contribution in [0.15, 0.2) is 36.5 Å². The van der Waals surface area contributed by atoms with Gasteiger partial charge in [0.15, 0.2) is 11.0 Å². The second-order valence-corrected chi connectivity index (χ2v) is 6.33. The van der Waals surface area contributed by atoms with Crippen LogP contribution in [0.1, 0.15) is 5.82 Å². The Morgan fingerprint density at radius 1 is 1.20 bits per heavy atom. The highest BCUT2D eigenvalue weighted by molar-refractivity contribution is 6.42. The van der Waals surface area contributed by atoms with Crippen LogP contribution in [0.25, 0.3) is 11.4 Å². The third kappa shape index (κ3) is 4.10. The van der Waals surface area contributed by atoms with Crippen LogP contribution in [0.4, 0.5) is 5.69 Å². The Morgan fingerprint density at radius 3 is 2.72 bits per heavy atom. The first-order valence-corrected chi connectivity index (χ1v) is 8.34. The van der Waals surface area contributed by atoms with E-state index in [9.17, 15) is 4.79 Å². The normalized spacial score (nSPS) is 10.7. The average Bonchev–Trinajstić information content (AvgIpc) is 2.92. The Labute approximate surface area is 158 Å². The molecule has 0 saturated carbocycles. The van der Waals surface area contributed by atoms with Crippen molar-refractivity contribution < 1.29 is 4.79 Å². The molecule has 0 fully saturated rings. The van der Waals surface area contributed by atoms with Gasteiger partial charge in [-0.05, 0) is 37.3 Å². The van der Waals surface area contributed by atoms with Gasteiger partial charge in [0.1, 0.15) is 12.4 Å². The van der Waals surface area contributed by atoms with E-state index in [1.807, 2.05) is 0 Å². The Kier molecular flexibility index (Phi) is 5.22. The van der Waals surface area contributed by atoms with Gasteiger partial charge < -0.3 is 5.32 Å². The van der Waals surface area contributed by atoms with E-state index in [2.05, 4.69) is 20.4 Å². The molecule has 2 heterocycles. The first kappa shape index (κ1) is 17.7. The Bertz CT molecular complexity index is 941. The molecule has 0 unspecified atom stereocenters. The molecule has 0 atom stereocenters. The quantitative estimate of drug-likeness (QED) is 0.669. The molecule has 6 nitrogen and oxygen atoms in total. The molecular weight excluding hydrogens is 385 g/mol. The number of amides is 1. The van der Waals surface area contributed by atoms with E-state index in [4.69, 9.17) is 34.8 Å². The van der Waals surface area contributed by atoms with Crippen LogP contribution in [0.2, 0.25) is 15.2 Å². The number of aryl methyl sites for hydroxylation is 1. The number of benzene rings is 1. The summed E-state index contributed by atoms with van der Waals surface area (Å²) in [7, 11) is 0. The minimum atomic E-state index is -0.305. The number of nitrogens with one attached hydrogen (secondary N) is 1. The van der Waals surface area contributed by atoms with Crippen molar-refractivity contribution in [3.8, 4) is 11.4 Å². The molecule has 0 aliphatic carbocycles. The predicted molar refractivity (Wildman–Crippen MR) is 98.1 cm³/mol. The number of pyridine rings is 1. The molecular formula is C16H12Cl3N5O. The third-order valence-electron chi connectivity index (χ3n) is 3.28. The lowest BCUT2D eigenvalue weighted by Gasteiger charge is -2.09. The lowest BCUT2D eigenvalue weighted by atomic mass is 10.2. The number of hydrogen-bond acceptors (Lipinski definition) is 4. The van der Waals surface area contributed by atoms with Gasteiger partial charge in [-0.25, -0.2) is 14.6 Å². The molecule has 0 spiro atoms. The van der Waals surface area contributed by atoms with E-state index in [1.54, 1.807) is 43.5 Å². The fourth-order valence-corrected chi connectivity index (χ4v) is 2.68. The van der Waals surface area contributed by atoms with Crippen LogP contribution in [-0.4, -0.2) is 25.7 Å². The van der Waals surface area contributed by atoms with Crippen molar-refractivity contribution in [2.75, 3.05) is 5.32 Å². The van der Waals surface area contributed by atoms with Crippen molar-refractivity contribution in [1.82, 2.24) is 19.7 Å². The van der Waals surface area contributed by atoms with Crippen molar-refractivity contribution in [2.24, 2.45) is 0 Å². The largest absolute Gasteiger partial charge is 0.322 e. The summed E-state index contributed by atoms with van der Waals surface area (Å²) < 4.78 is 1.49. The second-order valence-electron chi connectivity index (χ2n) is 5.16. The number of carbonyl (C=O) groups excluding carboxylic acids is 1. The highest BCUT2D eigenvalue weighted by Crippen LogP contribution is 2.27. The summed E-state index contributed by atoms with van der Waals surface area (Å²) in [5.41, 5.74) is 1.14. The lowest BCUT2D eigenvalue weighted by molar-refractivity contribution is -0.116. The van der Waals surface area contributed by atoms with Crippen molar-refractivity contribution in [3.05, 3.63) is 57.6 Å². The van der Waals surface area contributed by atoms with Crippen LogP contribution in [0, 0.1) is 6.92 Å². The zero-order valence-electron chi connectivity index (χ0n) is 13.0. The zero-order valence-corrected chi connectivity index (χ0v) is 15.3. The molecule has 2 aromatic heterocycles. The monoisotopic (exact) mass is 395 g/mol. The molecule has 0 aliphatic rings. The van der Waals surface area contributed by atoms with Gasteiger partial charge in [0.2, 0.25) is 5.91 Å². The molecule has 0 radical (unpaired) electrons. The highest BCUT2D eigenvalue weighted by Gasteiger charge is 2.15. The zero-order chi connectivity index (χ0) is 18.0. The van der Waals surface area contributed by atoms with E-state index in [0.29, 0.717) is 32.9 Å². The SMILES string of the molecule is Cc1nc(-c2ccc(Cl)c(Cl)c2)n(CC(=O)Nc2cccnc2Cl)n1. The molecule has 128 valence electrons. The molecule has 1 amide bonds. The smallest absolute Gasteiger partial charge is 0.246 e. The Morgan fingerprint density at radius 2 is 2.00 bits per heavy atom. The first-order valence-electron chi connectivity index (χ1n) is 7.21. The van der Waals surface area contributed by atoms with Gasteiger partial charge in [0, 0.05) is 11.8 Å². The fourth-order valence-electron chi connectivity index (χ4n) is 2.22. The molecule has 25 heavy (non-hydrogen) atoms. The second kappa shape index (κ2) is 7.39. The minimum Gasteiger partial charge on any atom is -0.322 e. The summed E-state index contributed by atoms with van der Waals surface area (Å²) >= 11 is 18.0. The first-order chi connectivity index (χ1) is 11.9. The maximum Gasteiger partial charge on any atom is 0.246 e. The van der Waals surface area contributed by atoms with Gasteiger partial charge in [-0.1, -0.05) is 34.8 Å². The highest BCUT2D eigenvalue weighted by atomic mass is 35.5. The van der Waals surface area contributed by atoms with E-state index < -0.39 is 0 Å². The number of rotatable bonds is 4. The number of nitrogens with zero attached hydrogens (tertiary/aromatic N) is 4. The van der Waals surface area contributed by atoms with E-state index >= 15 is 0 Å². The van der Waals surface area contributed by atoms with Gasteiger partial charge >= 0.3 is 0 Å². The summed E-state index contributed by atoms with van der Waals surface area (Å²) in [6, 6.07) is 8.47. The molecule has 0 aliphatic heterocycles. The van der Waals surface area contributed by atoms with Crippen LogP contribution in [0.5, 0.6) is 0 Å². The van der Waals surface area contributed by atoms with Crippen molar-refractivity contribution >= 4 is 46.4 Å². The number of carbonyl (C=O) groups is 1. The standard InChI is InChI=1S/C16H12Cl3N5O/c1-9-21-16(10-4-5-11(17)12(18)7-10)24(23-9)8-14(25)22-13-3-2-6-20-15(13)19/h2-7H,8H2,1H3,(H,22,25). The number of hydrogen-bond donors (Lipinski definition) is 1. The van der Waals surface area contributed by atoms with Crippen molar-refractivity contribution in [1.29, 1.82) is 0 Å². The summed E-state index contributed by atoms with van der Waals surface area (Å²) in [4.78, 5) is 20.6. The van der Waals surface area contributed by atoms with Crippen LogP contribution < -0.4 is 5.32 Å². The molecule has 3 aromatic rings. The van der Waals surface area contributed by atoms with Crippen molar-refractivity contribution in [3.63, 3.8) is 0 Å². The Balaban J connectivity index is 1.84. The molecule has 3 rings (SSSR count). The average molecular weight is 397 g/mol. The van der Waals surface area contributed by atoms with Crippen LogP contribution >= 0.6 is 34.8 Å². The van der Waals surface area contributed by atoms with E-state index in [1.165, 1.54) is 4.68 Å². The minimum absolute atomic E-state index is 0.0400. The predicted octanol–water partition coefficient (Wildman–Crippen LogP) is 4.25. The fraction of sp³-hybridized carbons (Fsp3) is 0.125. The van der Waals surface area contributed by atoms with Gasteiger partial charge in [0.25, 0.3) is 0 Å². The van der Waals surface area contributed by atoms with Crippen molar-refractivity contribution in [2.45, 2.75) is 13.5 Å². The molecule has 9 heteroatoms. The number of halogens is 3. The van der Waals surface area contributed by atoms with E-state index in [0.717, 1.165) is 0 Å². The van der Waals surface area contributed by atoms with E-state index in [-0.39, 0.29) is 17.6 Å². The summed E-state index contributed by atoms with van der Waals surface area (Å²) in [6.45, 7) is 1.70. The lowest BCUT2D eigenvalue weighted by Crippen LogP contribution is -2.20. The third-order valence-corrected chi connectivity index (χ3v) is 4.32. The van der Waals surface area contributed by atoms with Crippen LogP contribution in [0.3, 0.4) is 0 Å². The topological polar surface area (TPSA) is 72.7 Å². The molecule has 1 aromatic carbocycles. The van der Waals surface area contributed by atoms with Gasteiger partial charge in [-0.15, -0.1) is 0 Å². The van der Waals surface area contributed by atoms with Crippen LogP contribution in [-0.2, 0) is 11.3 Å². The number of aromatic nitrogens is 4. The molecule has 0 saturated heterocycles. The maximum atomic E-state index is 12.3. The molecule has 1 N–H and O–H groups in total. The number of anilines is 1. The summed E-state index contributed by atoms with van der Waals surface area (Å²) in [6.07, 6.45) is 1.54.